The second kappa shape index (κ2) is 4.81. The van der Waals surface area contributed by atoms with Crippen LogP contribution in [0.5, 0.6) is 5.75 Å². The predicted octanol–water partition coefficient (Wildman–Crippen LogP) is 2.31. The van der Waals surface area contributed by atoms with Gasteiger partial charge >= 0.3 is 0 Å². The third-order valence-electron chi connectivity index (χ3n) is 2.74. The van der Waals surface area contributed by atoms with Crippen molar-refractivity contribution in [2.75, 3.05) is 5.73 Å². The highest BCUT2D eigenvalue weighted by atomic mass is 32.2. The summed E-state index contributed by atoms with van der Waals surface area (Å²) in [4.78, 5) is 0. The number of benzene rings is 1. The van der Waals surface area contributed by atoms with E-state index in [0.29, 0.717) is 11.4 Å². The molecule has 0 aliphatic heterocycles. The number of aromatic nitrogens is 3. The molecular formula is C13H12N4OS. The highest BCUT2D eigenvalue weighted by Gasteiger charge is 2.08. The number of hydrogen-bond donors (Lipinski definition) is 2. The lowest BCUT2D eigenvalue weighted by Crippen LogP contribution is -1.90. The molecule has 19 heavy (non-hydrogen) atoms. The Hall–Kier alpha value is -2.21. The molecule has 0 aliphatic rings. The fraction of sp³-hybridized carbons (Fsp3) is 0.0769. The molecule has 0 spiro atoms. The van der Waals surface area contributed by atoms with E-state index in [2.05, 4.69) is 10.2 Å². The Balaban J connectivity index is 1.84. The number of anilines is 1. The van der Waals surface area contributed by atoms with Gasteiger partial charge in [0.25, 0.3) is 0 Å². The van der Waals surface area contributed by atoms with E-state index < -0.39 is 0 Å². The average molecular weight is 272 g/mol. The van der Waals surface area contributed by atoms with E-state index in [9.17, 15) is 5.11 Å². The molecule has 3 N–H and O–H groups in total. The molecule has 0 amide bonds. The average Bonchev–Trinajstić information content (AvgIpc) is 2.83. The van der Waals surface area contributed by atoms with Crippen molar-refractivity contribution in [2.24, 2.45) is 0 Å². The first-order valence-electron chi connectivity index (χ1n) is 5.74. The molecule has 0 bridgehead atoms. The van der Waals surface area contributed by atoms with E-state index in [0.717, 1.165) is 16.4 Å². The number of aromatic hydroxyl groups is 1. The minimum atomic E-state index is 0.246. The largest absolute Gasteiger partial charge is 0.508 e. The smallest absolute Gasteiger partial charge is 0.195 e. The number of pyridine rings is 1. The fourth-order valence-electron chi connectivity index (χ4n) is 1.78. The van der Waals surface area contributed by atoms with Crippen molar-refractivity contribution in [1.29, 1.82) is 0 Å². The van der Waals surface area contributed by atoms with Crippen molar-refractivity contribution >= 4 is 23.1 Å². The SMILES string of the molecule is Nc1ccc(O)c(CSc2nnc3ccccn23)c1. The van der Waals surface area contributed by atoms with Gasteiger partial charge in [-0.05, 0) is 30.3 Å². The highest BCUT2D eigenvalue weighted by Crippen LogP contribution is 2.28. The number of fused-ring (bicyclic) bond motifs is 1. The molecule has 0 radical (unpaired) electrons. The number of rotatable bonds is 3. The minimum Gasteiger partial charge on any atom is -0.508 e. The summed E-state index contributed by atoms with van der Waals surface area (Å²) >= 11 is 1.51. The number of nitrogens with zero attached hydrogens (tertiary/aromatic N) is 3. The Morgan fingerprint density at radius 1 is 1.21 bits per heavy atom. The van der Waals surface area contributed by atoms with Crippen LogP contribution in [0.2, 0.25) is 0 Å². The van der Waals surface area contributed by atoms with Crippen LogP contribution >= 0.6 is 11.8 Å². The van der Waals surface area contributed by atoms with E-state index in [1.54, 1.807) is 18.2 Å². The van der Waals surface area contributed by atoms with E-state index in [1.165, 1.54) is 11.8 Å². The van der Waals surface area contributed by atoms with E-state index in [4.69, 9.17) is 5.73 Å². The zero-order valence-corrected chi connectivity index (χ0v) is 10.8. The summed E-state index contributed by atoms with van der Waals surface area (Å²) in [6.07, 6.45) is 1.91. The monoisotopic (exact) mass is 272 g/mol. The normalized spacial score (nSPS) is 10.9. The standard InChI is InChI=1S/C13H12N4OS/c14-10-4-5-11(18)9(7-10)8-19-13-16-15-12-3-1-2-6-17(12)13/h1-7,18H,8,14H2. The van der Waals surface area contributed by atoms with Crippen LogP contribution in [-0.4, -0.2) is 19.7 Å². The van der Waals surface area contributed by atoms with Crippen LogP contribution in [-0.2, 0) is 5.75 Å². The van der Waals surface area contributed by atoms with Gasteiger partial charge in [0.1, 0.15) is 5.75 Å². The third-order valence-corrected chi connectivity index (χ3v) is 3.73. The van der Waals surface area contributed by atoms with Gasteiger partial charge in [-0.15, -0.1) is 10.2 Å². The van der Waals surface area contributed by atoms with Gasteiger partial charge in [-0.3, -0.25) is 4.40 Å². The van der Waals surface area contributed by atoms with Crippen LogP contribution in [0.25, 0.3) is 5.65 Å². The van der Waals surface area contributed by atoms with Gasteiger partial charge in [0.2, 0.25) is 0 Å². The lowest BCUT2D eigenvalue weighted by molar-refractivity contribution is 0.471. The summed E-state index contributed by atoms with van der Waals surface area (Å²) in [6.45, 7) is 0. The first kappa shape index (κ1) is 11.9. The summed E-state index contributed by atoms with van der Waals surface area (Å²) in [6, 6.07) is 10.8. The Labute approximate surface area is 114 Å². The van der Waals surface area contributed by atoms with Gasteiger partial charge in [0.15, 0.2) is 10.8 Å². The first-order valence-corrected chi connectivity index (χ1v) is 6.72. The second-order valence-corrected chi connectivity index (χ2v) is 5.03. The van der Waals surface area contributed by atoms with E-state index in [-0.39, 0.29) is 5.75 Å². The van der Waals surface area contributed by atoms with Crippen LogP contribution in [0.15, 0.2) is 47.8 Å². The van der Waals surface area contributed by atoms with Crippen LogP contribution < -0.4 is 5.73 Å². The van der Waals surface area contributed by atoms with Crippen molar-refractivity contribution in [2.45, 2.75) is 10.9 Å². The molecule has 6 heteroatoms. The number of phenolic OH excluding ortho intramolecular Hbond substituents is 1. The van der Waals surface area contributed by atoms with Crippen molar-refractivity contribution < 1.29 is 5.11 Å². The highest BCUT2D eigenvalue weighted by molar-refractivity contribution is 7.98. The quantitative estimate of drug-likeness (QED) is 0.434. The maximum Gasteiger partial charge on any atom is 0.195 e. The number of phenols is 1. The maximum atomic E-state index is 9.77. The molecule has 5 nitrogen and oxygen atoms in total. The lowest BCUT2D eigenvalue weighted by atomic mass is 10.2. The van der Waals surface area contributed by atoms with Gasteiger partial charge < -0.3 is 10.8 Å². The molecule has 0 atom stereocenters. The fourth-order valence-corrected chi connectivity index (χ4v) is 2.69. The number of thioether (sulfide) groups is 1. The zero-order chi connectivity index (χ0) is 13.2. The Bertz CT molecular complexity index is 725. The Morgan fingerprint density at radius 2 is 2.11 bits per heavy atom. The first-order chi connectivity index (χ1) is 9.24. The molecule has 0 saturated heterocycles. The minimum absolute atomic E-state index is 0.246. The maximum absolute atomic E-state index is 9.77. The number of nitrogen functional groups attached to an aromatic ring is 1. The molecule has 2 heterocycles. The molecular weight excluding hydrogens is 260 g/mol. The Kier molecular flexibility index (Phi) is 3.00. The molecule has 3 rings (SSSR count). The Morgan fingerprint density at radius 3 is 3.00 bits per heavy atom. The summed E-state index contributed by atoms with van der Waals surface area (Å²) in [7, 11) is 0. The molecule has 0 saturated carbocycles. The van der Waals surface area contributed by atoms with Gasteiger partial charge in [0.05, 0.1) is 0 Å². The van der Waals surface area contributed by atoms with E-state index in [1.807, 2.05) is 28.8 Å². The van der Waals surface area contributed by atoms with Gasteiger partial charge in [-0.2, -0.15) is 0 Å². The molecule has 1 aromatic carbocycles. The van der Waals surface area contributed by atoms with Gasteiger partial charge in [0, 0.05) is 23.2 Å². The van der Waals surface area contributed by atoms with Crippen molar-refractivity contribution in [3.05, 3.63) is 48.2 Å². The van der Waals surface area contributed by atoms with Crippen LogP contribution in [0, 0.1) is 0 Å². The molecule has 96 valence electrons. The zero-order valence-electron chi connectivity index (χ0n) is 10.0. The van der Waals surface area contributed by atoms with Crippen molar-refractivity contribution in [3.63, 3.8) is 0 Å². The molecule has 0 unspecified atom stereocenters. The summed E-state index contributed by atoms with van der Waals surface area (Å²) in [5.41, 5.74) is 7.95. The van der Waals surface area contributed by atoms with Crippen LogP contribution in [0.4, 0.5) is 5.69 Å². The molecule has 3 aromatic rings. The molecule has 2 aromatic heterocycles. The molecule has 0 aliphatic carbocycles. The predicted molar refractivity (Wildman–Crippen MR) is 75.1 cm³/mol. The van der Waals surface area contributed by atoms with Crippen molar-refractivity contribution in [3.8, 4) is 5.75 Å². The van der Waals surface area contributed by atoms with Crippen LogP contribution in [0.3, 0.4) is 0 Å². The van der Waals surface area contributed by atoms with Gasteiger partial charge in [-0.25, -0.2) is 0 Å². The topological polar surface area (TPSA) is 76.4 Å². The number of hydrogen-bond acceptors (Lipinski definition) is 5. The molecule has 0 fully saturated rings. The van der Waals surface area contributed by atoms with Crippen molar-refractivity contribution in [1.82, 2.24) is 14.6 Å². The third kappa shape index (κ3) is 2.34. The van der Waals surface area contributed by atoms with E-state index >= 15 is 0 Å². The van der Waals surface area contributed by atoms with Gasteiger partial charge in [-0.1, -0.05) is 17.8 Å². The van der Waals surface area contributed by atoms with Crippen LogP contribution in [0.1, 0.15) is 5.56 Å². The lowest BCUT2D eigenvalue weighted by Gasteiger charge is -2.04. The number of nitrogens with two attached hydrogens (primary N) is 1. The summed E-state index contributed by atoms with van der Waals surface area (Å²) in [5, 5.41) is 18.8. The second-order valence-electron chi connectivity index (χ2n) is 4.09. The summed E-state index contributed by atoms with van der Waals surface area (Å²) < 4.78 is 1.91. The summed E-state index contributed by atoms with van der Waals surface area (Å²) in [5.74, 6) is 0.836.